The van der Waals surface area contributed by atoms with Crippen molar-refractivity contribution in [3.05, 3.63) is 41.8 Å². The van der Waals surface area contributed by atoms with Crippen LogP contribution in [0.2, 0.25) is 0 Å². The Bertz CT molecular complexity index is 600. The van der Waals surface area contributed by atoms with Crippen molar-refractivity contribution < 1.29 is 9.18 Å². The SMILES string of the molecule is CC(=O)c1cccc(Nc2nc(N)ncc2F)c1. The van der Waals surface area contributed by atoms with Gasteiger partial charge < -0.3 is 11.1 Å². The van der Waals surface area contributed by atoms with Crippen molar-refractivity contribution in [2.75, 3.05) is 11.1 Å². The summed E-state index contributed by atoms with van der Waals surface area (Å²) in [6, 6.07) is 6.68. The van der Waals surface area contributed by atoms with Crippen LogP contribution < -0.4 is 11.1 Å². The van der Waals surface area contributed by atoms with Gasteiger partial charge in [0.15, 0.2) is 17.4 Å². The summed E-state index contributed by atoms with van der Waals surface area (Å²) in [5.74, 6) is -0.733. The van der Waals surface area contributed by atoms with Crippen molar-refractivity contribution in [2.45, 2.75) is 6.92 Å². The summed E-state index contributed by atoms with van der Waals surface area (Å²) in [4.78, 5) is 18.5. The number of hydrogen-bond acceptors (Lipinski definition) is 5. The van der Waals surface area contributed by atoms with Crippen molar-refractivity contribution in [1.82, 2.24) is 9.97 Å². The summed E-state index contributed by atoms with van der Waals surface area (Å²) >= 11 is 0. The number of carbonyl (C=O) groups is 1. The highest BCUT2D eigenvalue weighted by atomic mass is 19.1. The van der Waals surface area contributed by atoms with Gasteiger partial charge in [0.2, 0.25) is 5.95 Å². The van der Waals surface area contributed by atoms with E-state index in [1.807, 2.05) is 0 Å². The quantitative estimate of drug-likeness (QED) is 0.811. The number of anilines is 3. The third-order valence-electron chi connectivity index (χ3n) is 2.29. The molecule has 1 aromatic carbocycles. The van der Waals surface area contributed by atoms with Crippen LogP contribution in [0.15, 0.2) is 30.5 Å². The first-order valence-electron chi connectivity index (χ1n) is 5.22. The highest BCUT2D eigenvalue weighted by Gasteiger charge is 2.07. The molecule has 3 N–H and O–H groups in total. The molecule has 0 fully saturated rings. The second kappa shape index (κ2) is 4.79. The highest BCUT2D eigenvalue weighted by Crippen LogP contribution is 2.19. The number of Topliss-reactive ketones (excluding diaryl/α,β-unsaturated/α-hetero) is 1. The molecule has 0 amide bonds. The van der Waals surface area contributed by atoms with Crippen LogP contribution in [0.25, 0.3) is 0 Å². The second-order valence-corrected chi connectivity index (χ2v) is 3.69. The number of nitrogens with one attached hydrogen (secondary N) is 1. The fourth-order valence-electron chi connectivity index (χ4n) is 1.42. The first kappa shape index (κ1) is 12.0. The number of nitrogens with two attached hydrogens (primary N) is 1. The summed E-state index contributed by atoms with van der Waals surface area (Å²) in [6.45, 7) is 1.46. The molecule has 0 aliphatic heterocycles. The van der Waals surface area contributed by atoms with Crippen LogP contribution in [0.1, 0.15) is 17.3 Å². The first-order chi connectivity index (χ1) is 8.56. The van der Waals surface area contributed by atoms with Crippen molar-refractivity contribution >= 4 is 23.2 Å². The maximum absolute atomic E-state index is 13.4. The van der Waals surface area contributed by atoms with Crippen LogP contribution in [-0.2, 0) is 0 Å². The number of aromatic nitrogens is 2. The third-order valence-corrected chi connectivity index (χ3v) is 2.29. The molecule has 5 nitrogen and oxygen atoms in total. The highest BCUT2D eigenvalue weighted by molar-refractivity contribution is 5.95. The van der Waals surface area contributed by atoms with Crippen molar-refractivity contribution in [1.29, 1.82) is 0 Å². The Morgan fingerprint density at radius 1 is 1.44 bits per heavy atom. The van der Waals surface area contributed by atoms with Gasteiger partial charge in [-0.25, -0.2) is 9.37 Å². The molecule has 6 heteroatoms. The zero-order valence-corrected chi connectivity index (χ0v) is 9.64. The molecule has 1 heterocycles. The summed E-state index contributed by atoms with van der Waals surface area (Å²) in [7, 11) is 0. The maximum atomic E-state index is 13.4. The molecule has 0 aliphatic carbocycles. The van der Waals surface area contributed by atoms with Crippen LogP contribution in [0.5, 0.6) is 0 Å². The Kier molecular flexibility index (Phi) is 3.18. The fraction of sp³-hybridized carbons (Fsp3) is 0.0833. The van der Waals surface area contributed by atoms with Gasteiger partial charge in [0.1, 0.15) is 0 Å². The summed E-state index contributed by atoms with van der Waals surface area (Å²) in [5.41, 5.74) is 6.46. The molecule has 0 unspecified atom stereocenters. The van der Waals surface area contributed by atoms with Gasteiger partial charge in [0.25, 0.3) is 0 Å². The van der Waals surface area contributed by atoms with Gasteiger partial charge >= 0.3 is 0 Å². The molecular weight excluding hydrogens is 235 g/mol. The van der Waals surface area contributed by atoms with E-state index in [-0.39, 0.29) is 17.5 Å². The monoisotopic (exact) mass is 246 g/mol. The van der Waals surface area contributed by atoms with E-state index in [2.05, 4.69) is 15.3 Å². The Hall–Kier alpha value is -2.50. The predicted octanol–water partition coefficient (Wildman–Crippen LogP) is 2.14. The molecule has 2 aromatic rings. The number of halogens is 1. The Morgan fingerprint density at radius 2 is 2.22 bits per heavy atom. The fourth-order valence-corrected chi connectivity index (χ4v) is 1.42. The molecule has 0 aliphatic rings. The molecule has 0 spiro atoms. The van der Waals surface area contributed by atoms with Gasteiger partial charge in [-0.05, 0) is 19.1 Å². The molecule has 0 atom stereocenters. The number of carbonyl (C=O) groups excluding carboxylic acids is 1. The molecule has 2 rings (SSSR count). The van der Waals surface area contributed by atoms with Crippen molar-refractivity contribution in [2.24, 2.45) is 0 Å². The smallest absolute Gasteiger partial charge is 0.222 e. The number of nitrogen functional groups attached to an aromatic ring is 1. The summed E-state index contributed by atoms with van der Waals surface area (Å²) < 4.78 is 13.4. The molecule has 0 radical (unpaired) electrons. The molecular formula is C12H11FN4O. The lowest BCUT2D eigenvalue weighted by Crippen LogP contribution is -2.03. The molecule has 0 saturated heterocycles. The molecule has 0 saturated carbocycles. The van der Waals surface area contributed by atoms with E-state index in [1.165, 1.54) is 6.92 Å². The zero-order chi connectivity index (χ0) is 13.1. The van der Waals surface area contributed by atoms with Crippen molar-refractivity contribution in [3.8, 4) is 0 Å². The van der Waals surface area contributed by atoms with E-state index in [0.29, 0.717) is 11.3 Å². The van der Waals surface area contributed by atoms with Gasteiger partial charge in [-0.15, -0.1) is 0 Å². The van der Waals surface area contributed by atoms with E-state index in [0.717, 1.165) is 6.20 Å². The molecule has 1 aromatic heterocycles. The summed E-state index contributed by atoms with van der Waals surface area (Å²) in [6.07, 6.45) is 0.986. The van der Waals surface area contributed by atoms with Crippen LogP contribution in [-0.4, -0.2) is 15.8 Å². The molecule has 0 bridgehead atoms. The van der Waals surface area contributed by atoms with E-state index < -0.39 is 5.82 Å². The second-order valence-electron chi connectivity index (χ2n) is 3.69. The topological polar surface area (TPSA) is 80.9 Å². The average molecular weight is 246 g/mol. The van der Waals surface area contributed by atoms with Crippen LogP contribution in [0.4, 0.5) is 21.8 Å². The van der Waals surface area contributed by atoms with Crippen LogP contribution in [0.3, 0.4) is 0 Å². The maximum Gasteiger partial charge on any atom is 0.222 e. The van der Waals surface area contributed by atoms with Crippen LogP contribution >= 0.6 is 0 Å². The number of nitrogens with zero attached hydrogens (tertiary/aromatic N) is 2. The number of benzene rings is 1. The number of rotatable bonds is 3. The van der Waals surface area contributed by atoms with E-state index in [4.69, 9.17) is 5.73 Å². The van der Waals surface area contributed by atoms with E-state index >= 15 is 0 Å². The van der Waals surface area contributed by atoms with Gasteiger partial charge in [0, 0.05) is 11.3 Å². The van der Waals surface area contributed by atoms with Gasteiger partial charge in [-0.3, -0.25) is 4.79 Å². The lowest BCUT2D eigenvalue weighted by atomic mass is 10.1. The third kappa shape index (κ3) is 2.60. The van der Waals surface area contributed by atoms with E-state index in [1.54, 1.807) is 24.3 Å². The van der Waals surface area contributed by atoms with Crippen LogP contribution in [0, 0.1) is 5.82 Å². The van der Waals surface area contributed by atoms with Gasteiger partial charge in [0.05, 0.1) is 6.20 Å². The lowest BCUT2D eigenvalue weighted by molar-refractivity contribution is 0.101. The predicted molar refractivity (Wildman–Crippen MR) is 66.1 cm³/mol. The Balaban J connectivity index is 2.31. The standard InChI is InChI=1S/C12H11FN4O/c1-7(18)8-3-2-4-9(5-8)16-11-10(13)6-15-12(14)17-11/h2-6H,1H3,(H3,14,15,16,17). The molecule has 18 heavy (non-hydrogen) atoms. The summed E-state index contributed by atoms with van der Waals surface area (Å²) in [5, 5.41) is 2.75. The zero-order valence-electron chi connectivity index (χ0n) is 9.64. The Labute approximate surface area is 103 Å². The number of hydrogen-bond donors (Lipinski definition) is 2. The molecule has 92 valence electrons. The Morgan fingerprint density at radius 3 is 2.94 bits per heavy atom. The minimum Gasteiger partial charge on any atom is -0.368 e. The minimum atomic E-state index is -0.613. The minimum absolute atomic E-state index is 0.0248. The largest absolute Gasteiger partial charge is 0.368 e. The van der Waals surface area contributed by atoms with Gasteiger partial charge in [-0.1, -0.05) is 12.1 Å². The lowest BCUT2D eigenvalue weighted by Gasteiger charge is -2.07. The average Bonchev–Trinajstić information content (AvgIpc) is 2.34. The van der Waals surface area contributed by atoms with Crippen molar-refractivity contribution in [3.63, 3.8) is 0 Å². The number of ketones is 1. The first-order valence-corrected chi connectivity index (χ1v) is 5.22. The normalized spacial score (nSPS) is 10.1. The van der Waals surface area contributed by atoms with E-state index in [9.17, 15) is 9.18 Å². The van der Waals surface area contributed by atoms with Gasteiger partial charge in [-0.2, -0.15) is 4.98 Å².